The van der Waals surface area contributed by atoms with Gasteiger partial charge in [0, 0.05) is 23.4 Å². The summed E-state index contributed by atoms with van der Waals surface area (Å²) in [5.74, 6) is 1.31. The quantitative estimate of drug-likeness (QED) is 0.500. The van der Waals surface area contributed by atoms with E-state index in [-0.39, 0.29) is 12.3 Å². The van der Waals surface area contributed by atoms with Crippen molar-refractivity contribution < 1.29 is 18.4 Å². The molecule has 0 radical (unpaired) electrons. The largest absolute Gasteiger partial charge is 0.497 e. The number of hydrogen-bond donors (Lipinski definition) is 1. The third-order valence-electron chi connectivity index (χ3n) is 5.54. The Hall–Kier alpha value is -3.54. The molecule has 0 atom stereocenters. The van der Waals surface area contributed by atoms with Crippen molar-refractivity contribution in [2.24, 2.45) is 0 Å². The van der Waals surface area contributed by atoms with Crippen molar-refractivity contribution in [3.63, 3.8) is 0 Å². The highest BCUT2D eigenvalue weighted by Gasteiger charge is 2.17. The lowest BCUT2D eigenvalue weighted by Gasteiger charge is -2.09. The Bertz CT molecular complexity index is 1330. The summed E-state index contributed by atoms with van der Waals surface area (Å²) in [6, 6.07) is 11.2. The zero-order valence-corrected chi connectivity index (χ0v) is 17.4. The van der Waals surface area contributed by atoms with E-state index in [1.165, 1.54) is 0 Å². The number of carbonyl (C=O) groups excluding carboxylic acids is 1. The number of hydrogen-bond acceptors (Lipinski definition) is 5. The van der Waals surface area contributed by atoms with E-state index in [2.05, 4.69) is 5.32 Å². The molecule has 0 saturated carbocycles. The van der Waals surface area contributed by atoms with Crippen LogP contribution in [0.5, 0.6) is 5.75 Å². The molecular formula is C24H23NO5. The molecular weight excluding hydrogens is 382 g/mol. The summed E-state index contributed by atoms with van der Waals surface area (Å²) in [5.41, 5.74) is 3.72. The van der Waals surface area contributed by atoms with Crippen molar-refractivity contribution >= 4 is 27.8 Å². The number of fused-ring (bicyclic) bond motifs is 2. The maximum atomic E-state index is 12.6. The van der Waals surface area contributed by atoms with Crippen LogP contribution >= 0.6 is 0 Å². The van der Waals surface area contributed by atoms with E-state index in [1.807, 2.05) is 51.1 Å². The Balaban J connectivity index is 1.61. The minimum atomic E-state index is -0.504. The number of aryl methyl sites for hydroxylation is 3. The van der Waals surface area contributed by atoms with Gasteiger partial charge in [0.25, 0.3) is 0 Å². The second-order valence-corrected chi connectivity index (χ2v) is 7.43. The molecule has 4 rings (SSSR count). The first-order valence-corrected chi connectivity index (χ1v) is 9.73. The number of furan rings is 1. The normalized spacial score (nSPS) is 11.2. The van der Waals surface area contributed by atoms with Gasteiger partial charge < -0.3 is 18.9 Å². The van der Waals surface area contributed by atoms with Gasteiger partial charge in [-0.25, -0.2) is 4.79 Å². The van der Waals surface area contributed by atoms with Crippen LogP contribution < -0.4 is 15.7 Å². The number of nitrogens with one attached hydrogen (secondary N) is 1. The summed E-state index contributed by atoms with van der Waals surface area (Å²) in [7, 11) is 1.60. The first kappa shape index (κ1) is 19.8. The first-order chi connectivity index (χ1) is 14.4. The summed E-state index contributed by atoms with van der Waals surface area (Å²) < 4.78 is 16.4. The number of methoxy groups -OCH3 is 1. The maximum absolute atomic E-state index is 12.6. The van der Waals surface area contributed by atoms with E-state index in [1.54, 1.807) is 13.2 Å². The molecule has 2 aromatic heterocycles. The number of ether oxygens (including phenoxy) is 1. The van der Waals surface area contributed by atoms with Crippen molar-refractivity contribution in [1.29, 1.82) is 0 Å². The molecule has 0 aliphatic carbocycles. The Morgan fingerprint density at radius 1 is 1.00 bits per heavy atom. The smallest absolute Gasteiger partial charge is 0.340 e. The molecule has 1 N–H and O–H groups in total. The fourth-order valence-corrected chi connectivity index (χ4v) is 3.64. The molecule has 30 heavy (non-hydrogen) atoms. The van der Waals surface area contributed by atoms with Crippen molar-refractivity contribution in [2.45, 2.75) is 33.7 Å². The lowest BCUT2D eigenvalue weighted by Crippen LogP contribution is -2.27. The zero-order chi connectivity index (χ0) is 21.4. The van der Waals surface area contributed by atoms with Crippen LogP contribution in [0.15, 0.2) is 50.0 Å². The van der Waals surface area contributed by atoms with E-state index in [0.29, 0.717) is 23.3 Å². The van der Waals surface area contributed by atoms with Crippen LogP contribution in [0, 0.1) is 20.8 Å². The third-order valence-corrected chi connectivity index (χ3v) is 5.54. The molecule has 6 nitrogen and oxygen atoms in total. The van der Waals surface area contributed by atoms with Gasteiger partial charge in [0.05, 0.1) is 19.1 Å². The van der Waals surface area contributed by atoms with Gasteiger partial charge in [0.15, 0.2) is 0 Å². The van der Waals surface area contributed by atoms with Gasteiger partial charge in [0.1, 0.15) is 22.7 Å². The Morgan fingerprint density at radius 2 is 1.73 bits per heavy atom. The fraction of sp³-hybridized carbons (Fsp3) is 0.250. The first-order valence-electron chi connectivity index (χ1n) is 9.73. The fourth-order valence-electron chi connectivity index (χ4n) is 3.64. The summed E-state index contributed by atoms with van der Waals surface area (Å²) in [5, 5.41) is 4.64. The third kappa shape index (κ3) is 3.56. The highest BCUT2D eigenvalue weighted by Crippen LogP contribution is 2.31. The number of rotatable bonds is 5. The standard InChI is InChI=1S/C24H23NO5/c1-13-15(3)29-21-11-22-19(9-18(13)21)14(2)20(24(27)30-22)10-23(26)25-12-16-6-5-7-17(8-16)28-4/h5-9,11H,10,12H2,1-4H3,(H,25,26). The van der Waals surface area contributed by atoms with Crippen molar-refractivity contribution in [1.82, 2.24) is 5.32 Å². The molecule has 6 heteroatoms. The monoisotopic (exact) mass is 405 g/mol. The van der Waals surface area contributed by atoms with E-state index < -0.39 is 5.63 Å². The second kappa shape index (κ2) is 7.71. The summed E-state index contributed by atoms with van der Waals surface area (Å²) in [6.07, 6.45) is -0.0461. The molecule has 0 aliphatic heterocycles. The van der Waals surface area contributed by atoms with Crippen LogP contribution in [-0.2, 0) is 17.8 Å². The van der Waals surface area contributed by atoms with Crippen molar-refractivity contribution in [2.75, 3.05) is 7.11 Å². The van der Waals surface area contributed by atoms with Crippen molar-refractivity contribution in [3.05, 3.63) is 74.8 Å². The molecule has 0 unspecified atom stereocenters. The average molecular weight is 405 g/mol. The Morgan fingerprint density at radius 3 is 2.50 bits per heavy atom. The molecule has 0 bridgehead atoms. The molecule has 2 heterocycles. The summed E-state index contributed by atoms with van der Waals surface area (Å²) >= 11 is 0. The summed E-state index contributed by atoms with van der Waals surface area (Å²) in [6.45, 7) is 6.09. The van der Waals surface area contributed by atoms with Gasteiger partial charge in [-0.05, 0) is 55.7 Å². The van der Waals surface area contributed by atoms with E-state index >= 15 is 0 Å². The number of amides is 1. The molecule has 0 spiro atoms. The van der Waals surface area contributed by atoms with Crippen LogP contribution in [0.4, 0.5) is 0 Å². The molecule has 0 saturated heterocycles. The topological polar surface area (TPSA) is 81.7 Å². The van der Waals surface area contributed by atoms with Crippen LogP contribution in [0.25, 0.3) is 21.9 Å². The van der Waals surface area contributed by atoms with Gasteiger partial charge in [-0.2, -0.15) is 0 Å². The van der Waals surface area contributed by atoms with Crippen LogP contribution in [0.2, 0.25) is 0 Å². The molecule has 4 aromatic rings. The highest BCUT2D eigenvalue weighted by atomic mass is 16.5. The van der Waals surface area contributed by atoms with Gasteiger partial charge in [-0.15, -0.1) is 0 Å². The van der Waals surface area contributed by atoms with Crippen LogP contribution in [-0.4, -0.2) is 13.0 Å². The number of benzene rings is 2. The van der Waals surface area contributed by atoms with Gasteiger partial charge >= 0.3 is 5.63 Å². The lowest BCUT2D eigenvalue weighted by molar-refractivity contribution is -0.120. The van der Waals surface area contributed by atoms with Crippen LogP contribution in [0.3, 0.4) is 0 Å². The molecule has 2 aromatic carbocycles. The van der Waals surface area contributed by atoms with Crippen LogP contribution in [0.1, 0.15) is 28.0 Å². The minimum Gasteiger partial charge on any atom is -0.497 e. The molecule has 0 aliphatic rings. The van der Waals surface area contributed by atoms with E-state index in [4.69, 9.17) is 13.6 Å². The predicted molar refractivity (Wildman–Crippen MR) is 115 cm³/mol. The van der Waals surface area contributed by atoms with E-state index in [9.17, 15) is 9.59 Å². The Labute approximate surface area is 173 Å². The zero-order valence-electron chi connectivity index (χ0n) is 17.4. The lowest BCUT2D eigenvalue weighted by atomic mass is 10.0. The van der Waals surface area contributed by atoms with Crippen molar-refractivity contribution in [3.8, 4) is 5.75 Å². The SMILES string of the molecule is COc1cccc(CNC(=O)Cc2c(C)c3cc4c(C)c(C)oc4cc3oc2=O)c1. The Kier molecular flexibility index (Phi) is 5.08. The van der Waals surface area contributed by atoms with Gasteiger partial charge in [-0.3, -0.25) is 4.79 Å². The predicted octanol–water partition coefficient (Wildman–Crippen LogP) is 4.33. The minimum absolute atomic E-state index is 0.0461. The molecule has 1 amide bonds. The van der Waals surface area contributed by atoms with Gasteiger partial charge in [-0.1, -0.05) is 12.1 Å². The van der Waals surface area contributed by atoms with Gasteiger partial charge in [0.2, 0.25) is 5.91 Å². The summed E-state index contributed by atoms with van der Waals surface area (Å²) in [4.78, 5) is 25.1. The maximum Gasteiger partial charge on any atom is 0.340 e. The average Bonchev–Trinajstić information content (AvgIpc) is 3.01. The highest BCUT2D eigenvalue weighted by molar-refractivity contribution is 5.97. The molecule has 154 valence electrons. The second-order valence-electron chi connectivity index (χ2n) is 7.43. The number of carbonyl (C=O) groups is 1. The van der Waals surface area contributed by atoms with E-state index in [0.717, 1.165) is 39.0 Å². The molecule has 0 fully saturated rings.